The Hall–Kier alpha value is -1.11. The van der Waals surface area contributed by atoms with Crippen molar-refractivity contribution in [3.05, 3.63) is 0 Å². The third kappa shape index (κ3) is 4.67. The number of amides is 2. The lowest BCUT2D eigenvalue weighted by Gasteiger charge is -2.14. The van der Waals surface area contributed by atoms with Crippen LogP contribution in [0.4, 0.5) is 9.59 Å². The van der Waals surface area contributed by atoms with E-state index in [9.17, 15) is 9.59 Å². The topological polar surface area (TPSA) is 87.7 Å². The van der Waals surface area contributed by atoms with Crippen molar-refractivity contribution in [3.8, 4) is 0 Å². The highest BCUT2D eigenvalue weighted by molar-refractivity contribution is 7.99. The molecule has 0 aromatic heterocycles. The van der Waals surface area contributed by atoms with Gasteiger partial charge >= 0.3 is 12.2 Å². The maximum Gasteiger partial charge on any atom is 0.409 e. The minimum Gasteiger partial charge on any atom is -0.465 e. The van der Waals surface area contributed by atoms with E-state index in [4.69, 9.17) is 5.11 Å². The van der Waals surface area contributed by atoms with Crippen molar-refractivity contribution < 1.29 is 19.4 Å². The van der Waals surface area contributed by atoms with E-state index in [1.807, 2.05) is 0 Å². The van der Waals surface area contributed by atoms with Gasteiger partial charge in [-0.1, -0.05) is 0 Å². The predicted octanol–water partition coefficient (Wildman–Crippen LogP) is 0.257. The number of nitrogens with one attached hydrogen (secondary N) is 2. The zero-order valence-electron chi connectivity index (χ0n) is 6.66. The van der Waals surface area contributed by atoms with Crippen molar-refractivity contribution in [1.82, 2.24) is 10.6 Å². The number of carbonyl (C=O) groups excluding carboxylic acids is 1. The lowest BCUT2D eigenvalue weighted by Crippen LogP contribution is -2.45. The zero-order valence-corrected chi connectivity index (χ0v) is 7.47. The Kier molecular flexibility index (Phi) is 5.02. The Morgan fingerprint density at radius 1 is 1.50 bits per heavy atom. The molecule has 12 heavy (non-hydrogen) atoms. The van der Waals surface area contributed by atoms with Crippen LogP contribution in [0.3, 0.4) is 0 Å². The smallest absolute Gasteiger partial charge is 0.409 e. The zero-order chi connectivity index (χ0) is 9.56. The standard InChI is InChI=1S/C5H10N2O4S/c1-11-5(10)7-3(12-2)6-4(8)9/h3,6H,1-2H3,(H,7,10)(H,8,9). The fourth-order valence-electron chi connectivity index (χ4n) is 0.432. The third-order valence-corrected chi connectivity index (χ3v) is 1.63. The first-order valence-corrected chi connectivity index (χ1v) is 4.25. The Morgan fingerprint density at radius 2 is 2.08 bits per heavy atom. The SMILES string of the molecule is COC(=O)NC(NC(=O)O)SC. The van der Waals surface area contributed by atoms with E-state index >= 15 is 0 Å². The number of rotatable bonds is 3. The van der Waals surface area contributed by atoms with Gasteiger partial charge in [-0.3, -0.25) is 10.6 Å². The number of methoxy groups -OCH3 is 1. The maximum absolute atomic E-state index is 10.6. The van der Waals surface area contributed by atoms with Crippen molar-refractivity contribution in [2.45, 2.75) is 5.50 Å². The lowest BCUT2D eigenvalue weighted by atomic mass is 10.9. The fraction of sp³-hybridized carbons (Fsp3) is 0.600. The van der Waals surface area contributed by atoms with E-state index in [2.05, 4.69) is 15.4 Å². The van der Waals surface area contributed by atoms with E-state index in [0.717, 1.165) is 11.8 Å². The summed E-state index contributed by atoms with van der Waals surface area (Å²) in [6, 6.07) is 0. The molecular formula is C5H10N2O4S. The van der Waals surface area contributed by atoms with Crippen molar-refractivity contribution in [1.29, 1.82) is 0 Å². The van der Waals surface area contributed by atoms with Gasteiger partial charge in [0.15, 0.2) is 5.50 Å². The summed E-state index contributed by atoms with van der Waals surface area (Å²) in [7, 11) is 1.20. The summed E-state index contributed by atoms with van der Waals surface area (Å²) in [5.41, 5.74) is -0.685. The molecule has 0 aromatic rings. The number of thioether (sulfide) groups is 1. The van der Waals surface area contributed by atoms with Crippen LogP contribution in [0.15, 0.2) is 0 Å². The van der Waals surface area contributed by atoms with E-state index in [1.165, 1.54) is 7.11 Å². The second-order valence-corrected chi connectivity index (χ2v) is 2.64. The second-order valence-electron chi connectivity index (χ2n) is 1.70. The molecule has 0 aliphatic carbocycles. The quantitative estimate of drug-likeness (QED) is 0.561. The molecule has 0 aromatic carbocycles. The van der Waals surface area contributed by atoms with Gasteiger partial charge in [0.05, 0.1) is 7.11 Å². The van der Waals surface area contributed by atoms with Crippen LogP contribution in [0.1, 0.15) is 0 Å². The van der Waals surface area contributed by atoms with Gasteiger partial charge in [-0.2, -0.15) is 0 Å². The molecule has 70 valence electrons. The summed E-state index contributed by atoms with van der Waals surface area (Å²) in [6.07, 6.45) is -0.231. The first-order valence-electron chi connectivity index (χ1n) is 2.97. The molecule has 3 N–H and O–H groups in total. The Labute approximate surface area is 73.7 Å². The summed E-state index contributed by atoms with van der Waals surface area (Å²) >= 11 is 1.14. The summed E-state index contributed by atoms with van der Waals surface area (Å²) in [5, 5.41) is 12.6. The first kappa shape index (κ1) is 10.9. The number of hydrogen-bond donors (Lipinski definition) is 3. The molecule has 1 atom stereocenters. The monoisotopic (exact) mass is 194 g/mol. The largest absolute Gasteiger partial charge is 0.465 e. The van der Waals surface area contributed by atoms with Crippen molar-refractivity contribution in [2.24, 2.45) is 0 Å². The highest BCUT2D eigenvalue weighted by Gasteiger charge is 2.11. The molecule has 2 amide bonds. The van der Waals surface area contributed by atoms with Crippen LogP contribution in [0.2, 0.25) is 0 Å². The average molecular weight is 194 g/mol. The minimum absolute atomic E-state index is 0.678. The molecule has 0 saturated heterocycles. The summed E-state index contributed by atoms with van der Waals surface area (Å²) in [6.45, 7) is 0. The van der Waals surface area contributed by atoms with Gasteiger partial charge in [0.25, 0.3) is 0 Å². The van der Waals surface area contributed by atoms with Crippen LogP contribution in [0.5, 0.6) is 0 Å². The van der Waals surface area contributed by atoms with Crippen molar-refractivity contribution in [2.75, 3.05) is 13.4 Å². The fourth-order valence-corrected chi connectivity index (χ4v) is 0.865. The molecule has 0 aliphatic rings. The minimum atomic E-state index is -1.20. The van der Waals surface area contributed by atoms with E-state index in [0.29, 0.717) is 0 Å². The van der Waals surface area contributed by atoms with Crippen LogP contribution < -0.4 is 10.6 Å². The lowest BCUT2D eigenvalue weighted by molar-refractivity contribution is 0.166. The van der Waals surface area contributed by atoms with Gasteiger partial charge in [0, 0.05) is 0 Å². The molecule has 6 nitrogen and oxygen atoms in total. The number of alkyl carbamates (subject to hydrolysis) is 1. The van der Waals surface area contributed by atoms with Gasteiger partial charge < -0.3 is 9.84 Å². The van der Waals surface area contributed by atoms with Crippen LogP contribution >= 0.6 is 11.8 Å². The molecule has 0 radical (unpaired) electrons. The normalized spacial score (nSPS) is 11.5. The van der Waals surface area contributed by atoms with Crippen LogP contribution in [-0.4, -0.2) is 36.2 Å². The highest BCUT2D eigenvalue weighted by Crippen LogP contribution is 1.98. The van der Waals surface area contributed by atoms with E-state index < -0.39 is 17.7 Å². The van der Waals surface area contributed by atoms with Crippen LogP contribution in [0.25, 0.3) is 0 Å². The summed E-state index contributed by atoms with van der Waals surface area (Å²) in [5.74, 6) is 0. The number of ether oxygens (including phenoxy) is 1. The Balaban J connectivity index is 3.82. The molecule has 0 bridgehead atoms. The molecule has 7 heteroatoms. The van der Waals surface area contributed by atoms with Gasteiger partial charge in [0.1, 0.15) is 0 Å². The van der Waals surface area contributed by atoms with Gasteiger partial charge in [-0.15, -0.1) is 11.8 Å². The Bertz CT molecular complexity index is 175. The van der Waals surface area contributed by atoms with Gasteiger partial charge in [0.2, 0.25) is 0 Å². The number of carboxylic acid groups (broad SMARTS) is 1. The van der Waals surface area contributed by atoms with Crippen molar-refractivity contribution in [3.63, 3.8) is 0 Å². The molecule has 0 saturated carbocycles. The maximum atomic E-state index is 10.6. The van der Waals surface area contributed by atoms with E-state index in [-0.39, 0.29) is 0 Å². The average Bonchev–Trinajstić information content (AvgIpc) is 2.02. The Morgan fingerprint density at radius 3 is 2.42 bits per heavy atom. The number of carbonyl (C=O) groups is 2. The molecule has 1 unspecified atom stereocenters. The molecule has 0 heterocycles. The molecule has 0 rings (SSSR count). The molecule has 0 aliphatic heterocycles. The molecule has 0 fully saturated rings. The van der Waals surface area contributed by atoms with Crippen LogP contribution in [-0.2, 0) is 4.74 Å². The van der Waals surface area contributed by atoms with Crippen molar-refractivity contribution >= 4 is 23.9 Å². The summed E-state index contributed by atoms with van der Waals surface area (Å²) < 4.78 is 4.27. The number of hydrogen-bond acceptors (Lipinski definition) is 4. The van der Waals surface area contributed by atoms with Gasteiger partial charge in [-0.05, 0) is 6.26 Å². The second kappa shape index (κ2) is 5.53. The first-order chi connectivity index (χ1) is 5.60. The van der Waals surface area contributed by atoms with Gasteiger partial charge in [-0.25, -0.2) is 9.59 Å². The summed E-state index contributed by atoms with van der Waals surface area (Å²) in [4.78, 5) is 20.7. The van der Waals surface area contributed by atoms with Crippen LogP contribution in [0, 0.1) is 0 Å². The third-order valence-electron chi connectivity index (χ3n) is 0.925. The van der Waals surface area contributed by atoms with E-state index in [1.54, 1.807) is 6.26 Å². The molecule has 0 spiro atoms. The molecular weight excluding hydrogens is 184 g/mol. The predicted molar refractivity (Wildman–Crippen MR) is 44.0 cm³/mol. The highest BCUT2D eigenvalue weighted by atomic mass is 32.2.